The van der Waals surface area contributed by atoms with Gasteiger partial charge in [0.15, 0.2) is 6.10 Å². The van der Waals surface area contributed by atoms with E-state index in [4.69, 9.17) is 4.74 Å². The molecule has 1 amide bonds. The predicted octanol–water partition coefficient (Wildman–Crippen LogP) is 3.18. The summed E-state index contributed by atoms with van der Waals surface area (Å²) in [5, 5.41) is 13.3. The van der Waals surface area contributed by atoms with E-state index in [2.05, 4.69) is 5.32 Å². The number of esters is 1. The zero-order valence-corrected chi connectivity index (χ0v) is 13.4. The zero-order chi connectivity index (χ0) is 18.2. The summed E-state index contributed by atoms with van der Waals surface area (Å²) in [7, 11) is 0. The van der Waals surface area contributed by atoms with Crippen LogP contribution in [0.5, 0.6) is 0 Å². The minimum absolute atomic E-state index is 0.0777. The average Bonchev–Trinajstić information content (AvgIpc) is 2.61. The van der Waals surface area contributed by atoms with Crippen molar-refractivity contribution < 1.29 is 19.2 Å². The van der Waals surface area contributed by atoms with Crippen LogP contribution in [-0.2, 0) is 14.3 Å². The van der Waals surface area contributed by atoms with Crippen LogP contribution in [0, 0.1) is 10.1 Å². The molecule has 25 heavy (non-hydrogen) atoms. The molecule has 0 unspecified atom stereocenters. The normalized spacial score (nSPS) is 11.7. The molecule has 0 spiro atoms. The van der Waals surface area contributed by atoms with Gasteiger partial charge in [-0.15, -0.1) is 0 Å². The van der Waals surface area contributed by atoms with E-state index in [0.29, 0.717) is 11.3 Å². The molecule has 0 aromatic heterocycles. The lowest BCUT2D eigenvalue weighted by Crippen LogP contribution is -2.29. The first-order valence-corrected chi connectivity index (χ1v) is 7.45. The van der Waals surface area contributed by atoms with Gasteiger partial charge in [-0.05, 0) is 30.7 Å². The van der Waals surface area contributed by atoms with Crippen LogP contribution in [0.25, 0.3) is 6.08 Å². The van der Waals surface area contributed by atoms with Crippen LogP contribution in [0.2, 0.25) is 0 Å². The van der Waals surface area contributed by atoms with Crippen LogP contribution in [-0.4, -0.2) is 22.9 Å². The van der Waals surface area contributed by atoms with Crippen molar-refractivity contribution in [3.8, 4) is 0 Å². The van der Waals surface area contributed by atoms with E-state index >= 15 is 0 Å². The molecule has 1 N–H and O–H groups in total. The number of anilines is 1. The van der Waals surface area contributed by atoms with E-state index in [1.165, 1.54) is 31.2 Å². The lowest BCUT2D eigenvalue weighted by atomic mass is 10.2. The second-order valence-electron chi connectivity index (χ2n) is 5.12. The molecule has 0 radical (unpaired) electrons. The van der Waals surface area contributed by atoms with Gasteiger partial charge in [-0.25, -0.2) is 4.79 Å². The highest BCUT2D eigenvalue weighted by Crippen LogP contribution is 2.14. The van der Waals surface area contributed by atoms with Gasteiger partial charge in [0, 0.05) is 23.9 Å². The number of rotatable bonds is 6. The molecule has 0 aliphatic heterocycles. The molecule has 2 aromatic rings. The molecule has 0 heterocycles. The fourth-order valence-corrected chi connectivity index (χ4v) is 1.94. The topological polar surface area (TPSA) is 98.5 Å². The first-order valence-electron chi connectivity index (χ1n) is 7.45. The largest absolute Gasteiger partial charge is 0.449 e. The number of benzene rings is 2. The number of carbonyl (C=O) groups is 2. The first-order chi connectivity index (χ1) is 12.0. The third-order valence-electron chi connectivity index (χ3n) is 3.20. The van der Waals surface area contributed by atoms with Gasteiger partial charge >= 0.3 is 5.97 Å². The summed E-state index contributed by atoms with van der Waals surface area (Å²) in [6.07, 6.45) is 1.52. The Morgan fingerprint density at radius 2 is 1.88 bits per heavy atom. The maximum Gasteiger partial charge on any atom is 0.331 e. The number of ether oxygens (including phenoxy) is 1. The van der Waals surface area contributed by atoms with Gasteiger partial charge in [-0.3, -0.25) is 14.9 Å². The molecule has 128 valence electrons. The maximum absolute atomic E-state index is 12.0. The summed E-state index contributed by atoms with van der Waals surface area (Å²) < 4.78 is 5.01. The van der Waals surface area contributed by atoms with E-state index < -0.39 is 22.9 Å². The number of nitrogens with zero attached hydrogens (tertiary/aromatic N) is 1. The summed E-state index contributed by atoms with van der Waals surface area (Å²) >= 11 is 0. The molecule has 0 bridgehead atoms. The van der Waals surface area contributed by atoms with Crippen molar-refractivity contribution in [3.05, 3.63) is 76.4 Å². The lowest BCUT2D eigenvalue weighted by Gasteiger charge is -2.12. The molecule has 7 heteroatoms. The third-order valence-corrected chi connectivity index (χ3v) is 3.20. The Morgan fingerprint density at radius 1 is 1.16 bits per heavy atom. The molecule has 0 aliphatic carbocycles. The Hall–Kier alpha value is -3.48. The third kappa shape index (κ3) is 5.58. The fraction of sp³-hybridized carbons (Fsp3) is 0.111. The van der Waals surface area contributed by atoms with E-state index in [0.717, 1.165) is 6.08 Å². The number of non-ortho nitro benzene ring substituents is 1. The van der Waals surface area contributed by atoms with Crippen molar-refractivity contribution in [3.63, 3.8) is 0 Å². The molecule has 0 aliphatic rings. The molecule has 0 saturated heterocycles. The SMILES string of the molecule is C[C@H](OC(=O)/C=C/c1cccc([N+](=O)[O-])c1)C(=O)Nc1ccccc1. The van der Waals surface area contributed by atoms with Crippen LogP contribution in [0.15, 0.2) is 60.7 Å². The highest BCUT2D eigenvalue weighted by molar-refractivity contribution is 5.96. The Labute approximate surface area is 144 Å². The van der Waals surface area contributed by atoms with Crippen molar-refractivity contribution >= 4 is 29.3 Å². The summed E-state index contributed by atoms with van der Waals surface area (Å²) in [5.74, 6) is -1.18. The van der Waals surface area contributed by atoms with Gasteiger partial charge < -0.3 is 10.1 Å². The minimum atomic E-state index is -0.984. The molecule has 1 atom stereocenters. The van der Waals surface area contributed by atoms with Crippen LogP contribution >= 0.6 is 0 Å². The van der Waals surface area contributed by atoms with Gasteiger partial charge in [0.05, 0.1) is 4.92 Å². The molecule has 2 aromatic carbocycles. The molecule has 2 rings (SSSR count). The fourth-order valence-electron chi connectivity index (χ4n) is 1.94. The Morgan fingerprint density at radius 3 is 2.56 bits per heavy atom. The smallest absolute Gasteiger partial charge is 0.331 e. The van der Waals surface area contributed by atoms with E-state index in [-0.39, 0.29) is 5.69 Å². The highest BCUT2D eigenvalue weighted by atomic mass is 16.6. The summed E-state index contributed by atoms with van der Waals surface area (Å²) in [6.45, 7) is 1.46. The number of para-hydroxylation sites is 1. The van der Waals surface area contributed by atoms with Crippen LogP contribution < -0.4 is 5.32 Å². The number of nitro benzene ring substituents is 1. The summed E-state index contributed by atoms with van der Waals surface area (Å²) in [6, 6.07) is 14.6. The van der Waals surface area contributed by atoms with Crippen LogP contribution in [0.4, 0.5) is 11.4 Å². The van der Waals surface area contributed by atoms with Gasteiger partial charge in [-0.1, -0.05) is 30.3 Å². The van der Waals surface area contributed by atoms with Crippen LogP contribution in [0.1, 0.15) is 12.5 Å². The van der Waals surface area contributed by atoms with Crippen molar-refractivity contribution in [1.29, 1.82) is 0 Å². The molecule has 0 saturated carbocycles. The molecule has 0 fully saturated rings. The number of nitro groups is 1. The zero-order valence-electron chi connectivity index (χ0n) is 13.4. The quantitative estimate of drug-likeness (QED) is 0.377. The Balaban J connectivity index is 1.91. The lowest BCUT2D eigenvalue weighted by molar-refractivity contribution is -0.384. The first kappa shape index (κ1) is 17.9. The maximum atomic E-state index is 12.0. The summed E-state index contributed by atoms with van der Waals surface area (Å²) in [4.78, 5) is 33.9. The van der Waals surface area contributed by atoms with E-state index in [1.54, 1.807) is 30.3 Å². The van der Waals surface area contributed by atoms with Crippen molar-refractivity contribution in [2.45, 2.75) is 13.0 Å². The van der Waals surface area contributed by atoms with Gasteiger partial charge in [-0.2, -0.15) is 0 Å². The Kier molecular flexibility index (Phi) is 6.00. The average molecular weight is 340 g/mol. The van der Waals surface area contributed by atoms with E-state index in [1.807, 2.05) is 6.07 Å². The van der Waals surface area contributed by atoms with Gasteiger partial charge in [0.2, 0.25) is 0 Å². The standard InChI is InChI=1S/C18H16N2O5/c1-13(18(22)19-15-7-3-2-4-8-15)25-17(21)11-10-14-6-5-9-16(12-14)20(23)24/h2-13H,1H3,(H,19,22)/b11-10+/t13-/m0/s1. The minimum Gasteiger partial charge on any atom is -0.449 e. The van der Waals surface area contributed by atoms with Crippen molar-refractivity contribution in [2.75, 3.05) is 5.32 Å². The number of amides is 1. The second kappa shape index (κ2) is 8.39. The molecular weight excluding hydrogens is 324 g/mol. The number of nitrogens with one attached hydrogen (secondary N) is 1. The van der Waals surface area contributed by atoms with Gasteiger partial charge in [0.25, 0.3) is 11.6 Å². The molecule has 7 nitrogen and oxygen atoms in total. The number of hydrogen-bond acceptors (Lipinski definition) is 5. The van der Waals surface area contributed by atoms with Gasteiger partial charge in [0.1, 0.15) is 0 Å². The second-order valence-corrected chi connectivity index (χ2v) is 5.12. The number of hydrogen-bond donors (Lipinski definition) is 1. The van der Waals surface area contributed by atoms with E-state index in [9.17, 15) is 19.7 Å². The highest BCUT2D eigenvalue weighted by Gasteiger charge is 2.16. The monoisotopic (exact) mass is 340 g/mol. The summed E-state index contributed by atoms with van der Waals surface area (Å²) in [5.41, 5.74) is 1.00. The van der Waals surface area contributed by atoms with Crippen molar-refractivity contribution in [1.82, 2.24) is 0 Å². The number of carbonyl (C=O) groups excluding carboxylic acids is 2. The Bertz CT molecular complexity index is 802. The van der Waals surface area contributed by atoms with Crippen molar-refractivity contribution in [2.24, 2.45) is 0 Å². The van der Waals surface area contributed by atoms with Crippen LogP contribution in [0.3, 0.4) is 0 Å². The predicted molar refractivity (Wildman–Crippen MR) is 92.8 cm³/mol. The molecular formula is C18H16N2O5.